The fourth-order valence-electron chi connectivity index (χ4n) is 1.97. The predicted octanol–water partition coefficient (Wildman–Crippen LogP) is 2.68. The van der Waals surface area contributed by atoms with Gasteiger partial charge in [-0.05, 0) is 35.0 Å². The maximum absolute atomic E-state index is 13.5. The molecule has 1 amide bonds. The van der Waals surface area contributed by atoms with Crippen LogP contribution in [0.15, 0.2) is 16.6 Å². The normalized spacial score (nSPS) is 20.0. The summed E-state index contributed by atoms with van der Waals surface area (Å²) in [5.74, 6) is -0.703. The average Bonchev–Trinajstić information content (AvgIpc) is 2.33. The molecule has 1 aromatic rings. The Morgan fingerprint density at radius 3 is 3.00 bits per heavy atom. The molecule has 0 aromatic heterocycles. The molecule has 6 heteroatoms. The first-order chi connectivity index (χ1) is 8.49. The van der Waals surface area contributed by atoms with E-state index in [0.29, 0.717) is 13.1 Å². The van der Waals surface area contributed by atoms with E-state index in [2.05, 4.69) is 21.2 Å². The van der Waals surface area contributed by atoms with E-state index in [4.69, 9.17) is 11.6 Å². The van der Waals surface area contributed by atoms with Crippen LogP contribution in [0.3, 0.4) is 0 Å². The molecule has 0 radical (unpaired) electrons. The first-order valence-corrected chi connectivity index (χ1v) is 6.83. The summed E-state index contributed by atoms with van der Waals surface area (Å²) in [5, 5.41) is 3.51. The topological polar surface area (TPSA) is 32.3 Å². The highest BCUT2D eigenvalue weighted by atomic mass is 79.9. The van der Waals surface area contributed by atoms with E-state index in [-0.39, 0.29) is 27.0 Å². The molecular formula is C12H13BrClFN2O. The third-order valence-electron chi connectivity index (χ3n) is 2.90. The van der Waals surface area contributed by atoms with Crippen molar-refractivity contribution in [1.29, 1.82) is 0 Å². The van der Waals surface area contributed by atoms with Crippen molar-refractivity contribution in [2.75, 3.05) is 19.6 Å². The number of piperazine rings is 1. The fourth-order valence-corrected chi connectivity index (χ4v) is 2.69. The van der Waals surface area contributed by atoms with Gasteiger partial charge in [0.15, 0.2) is 0 Å². The summed E-state index contributed by atoms with van der Waals surface area (Å²) in [6, 6.07) is 2.83. The monoisotopic (exact) mass is 334 g/mol. The highest BCUT2D eigenvalue weighted by molar-refractivity contribution is 9.10. The second-order valence-corrected chi connectivity index (χ2v) is 5.61. The van der Waals surface area contributed by atoms with Crippen LogP contribution in [0.1, 0.15) is 17.3 Å². The van der Waals surface area contributed by atoms with E-state index in [1.54, 1.807) is 4.90 Å². The maximum atomic E-state index is 13.5. The van der Waals surface area contributed by atoms with Gasteiger partial charge in [-0.25, -0.2) is 4.39 Å². The number of rotatable bonds is 1. The Kier molecular flexibility index (Phi) is 4.25. The van der Waals surface area contributed by atoms with Crippen molar-refractivity contribution in [2.45, 2.75) is 13.0 Å². The lowest BCUT2D eigenvalue weighted by atomic mass is 10.1. The Morgan fingerprint density at radius 1 is 1.61 bits per heavy atom. The number of nitrogens with zero attached hydrogens (tertiary/aromatic N) is 1. The van der Waals surface area contributed by atoms with Crippen LogP contribution < -0.4 is 5.32 Å². The molecule has 18 heavy (non-hydrogen) atoms. The molecule has 1 fully saturated rings. The molecule has 1 aliphatic rings. The van der Waals surface area contributed by atoms with Gasteiger partial charge in [-0.1, -0.05) is 11.6 Å². The fraction of sp³-hybridized carbons (Fsp3) is 0.417. The minimum absolute atomic E-state index is 0.214. The van der Waals surface area contributed by atoms with Crippen LogP contribution in [0.5, 0.6) is 0 Å². The highest BCUT2D eigenvalue weighted by Gasteiger charge is 2.24. The molecule has 0 saturated carbocycles. The standard InChI is InChI=1S/C12H13BrClFN2O/c1-7-6-17(3-2-16-7)12(18)8-4-11(15)9(13)5-10(8)14/h4-5,7,16H,2-3,6H2,1H3/t7-/m1/s1. The van der Waals surface area contributed by atoms with Gasteiger partial charge >= 0.3 is 0 Å². The van der Waals surface area contributed by atoms with Crippen LogP contribution in [0.4, 0.5) is 4.39 Å². The van der Waals surface area contributed by atoms with E-state index in [9.17, 15) is 9.18 Å². The van der Waals surface area contributed by atoms with Gasteiger partial charge in [0.1, 0.15) is 5.82 Å². The first kappa shape index (κ1) is 13.8. The summed E-state index contributed by atoms with van der Waals surface area (Å²) >= 11 is 9.03. The van der Waals surface area contributed by atoms with E-state index < -0.39 is 5.82 Å². The zero-order valence-electron chi connectivity index (χ0n) is 9.84. The molecule has 0 bridgehead atoms. The second kappa shape index (κ2) is 5.55. The third-order valence-corrected chi connectivity index (χ3v) is 3.82. The molecule has 0 aliphatic carbocycles. The smallest absolute Gasteiger partial charge is 0.255 e. The van der Waals surface area contributed by atoms with Crippen molar-refractivity contribution in [3.8, 4) is 0 Å². The Balaban J connectivity index is 2.25. The lowest BCUT2D eigenvalue weighted by Gasteiger charge is -2.32. The third kappa shape index (κ3) is 2.84. The molecule has 98 valence electrons. The Labute approximate surface area is 118 Å². The Morgan fingerprint density at radius 2 is 2.33 bits per heavy atom. The summed E-state index contributed by atoms with van der Waals surface area (Å²) in [6.07, 6.45) is 0. The number of hydrogen-bond acceptors (Lipinski definition) is 2. The summed E-state index contributed by atoms with van der Waals surface area (Å²) in [4.78, 5) is 14.0. The summed E-state index contributed by atoms with van der Waals surface area (Å²) in [7, 11) is 0. The van der Waals surface area contributed by atoms with E-state index >= 15 is 0 Å². The van der Waals surface area contributed by atoms with Gasteiger partial charge in [0.2, 0.25) is 0 Å². The van der Waals surface area contributed by atoms with Gasteiger partial charge in [0.25, 0.3) is 5.91 Å². The van der Waals surface area contributed by atoms with Gasteiger partial charge in [-0.15, -0.1) is 0 Å². The predicted molar refractivity (Wildman–Crippen MR) is 72.5 cm³/mol. The van der Waals surface area contributed by atoms with Crippen molar-refractivity contribution in [1.82, 2.24) is 10.2 Å². The number of halogens is 3. The van der Waals surface area contributed by atoms with Crippen molar-refractivity contribution < 1.29 is 9.18 Å². The molecule has 1 heterocycles. The minimum Gasteiger partial charge on any atom is -0.336 e. The van der Waals surface area contributed by atoms with Crippen molar-refractivity contribution in [3.63, 3.8) is 0 Å². The van der Waals surface area contributed by atoms with Gasteiger partial charge in [0, 0.05) is 25.7 Å². The van der Waals surface area contributed by atoms with Crippen molar-refractivity contribution in [3.05, 3.63) is 33.0 Å². The van der Waals surface area contributed by atoms with Gasteiger partial charge in [0.05, 0.1) is 15.1 Å². The average molecular weight is 336 g/mol. The summed E-state index contributed by atoms with van der Waals surface area (Å²) in [6.45, 7) is 3.96. The van der Waals surface area contributed by atoms with Crippen LogP contribution in [0.2, 0.25) is 5.02 Å². The number of carbonyl (C=O) groups excluding carboxylic acids is 1. The molecule has 1 aliphatic heterocycles. The van der Waals surface area contributed by atoms with Gasteiger partial charge < -0.3 is 10.2 Å². The lowest BCUT2D eigenvalue weighted by Crippen LogP contribution is -2.51. The Hall–Kier alpha value is -0.650. The summed E-state index contributed by atoms with van der Waals surface area (Å²) < 4.78 is 13.7. The molecule has 1 atom stereocenters. The largest absolute Gasteiger partial charge is 0.336 e. The zero-order chi connectivity index (χ0) is 13.3. The van der Waals surface area contributed by atoms with Crippen LogP contribution >= 0.6 is 27.5 Å². The van der Waals surface area contributed by atoms with Crippen LogP contribution in [-0.2, 0) is 0 Å². The van der Waals surface area contributed by atoms with Crippen LogP contribution in [0.25, 0.3) is 0 Å². The molecule has 0 spiro atoms. The molecule has 2 rings (SSSR count). The van der Waals surface area contributed by atoms with E-state index in [1.807, 2.05) is 6.92 Å². The van der Waals surface area contributed by atoms with Crippen LogP contribution in [-0.4, -0.2) is 36.5 Å². The summed E-state index contributed by atoms with van der Waals surface area (Å²) in [5.41, 5.74) is 0.214. The maximum Gasteiger partial charge on any atom is 0.255 e. The first-order valence-electron chi connectivity index (χ1n) is 5.66. The number of amides is 1. The van der Waals surface area contributed by atoms with Crippen molar-refractivity contribution in [2.24, 2.45) is 0 Å². The number of nitrogens with one attached hydrogen (secondary N) is 1. The van der Waals surface area contributed by atoms with Crippen LogP contribution in [0, 0.1) is 5.82 Å². The molecule has 1 saturated heterocycles. The molecule has 1 aromatic carbocycles. The van der Waals surface area contributed by atoms with E-state index in [0.717, 1.165) is 6.54 Å². The molecular weight excluding hydrogens is 323 g/mol. The lowest BCUT2D eigenvalue weighted by molar-refractivity contribution is 0.0709. The highest BCUT2D eigenvalue weighted by Crippen LogP contribution is 2.26. The van der Waals surface area contributed by atoms with E-state index in [1.165, 1.54) is 12.1 Å². The molecule has 3 nitrogen and oxygen atoms in total. The van der Waals surface area contributed by atoms with Crippen molar-refractivity contribution >= 4 is 33.4 Å². The quantitative estimate of drug-likeness (QED) is 0.800. The number of carbonyl (C=O) groups is 1. The van der Waals surface area contributed by atoms with Gasteiger partial charge in [-0.3, -0.25) is 4.79 Å². The molecule has 0 unspecified atom stereocenters. The second-order valence-electron chi connectivity index (χ2n) is 4.35. The number of hydrogen-bond donors (Lipinski definition) is 1. The molecule has 1 N–H and O–H groups in total. The van der Waals surface area contributed by atoms with Gasteiger partial charge in [-0.2, -0.15) is 0 Å². The Bertz CT molecular complexity index is 483. The zero-order valence-corrected chi connectivity index (χ0v) is 12.2. The number of benzene rings is 1. The SMILES string of the molecule is C[C@@H]1CN(C(=O)c2cc(F)c(Br)cc2Cl)CCN1. The minimum atomic E-state index is -0.481.